The molecule has 0 radical (unpaired) electrons. The molecule has 1 aliphatic heterocycles. The van der Waals surface area contributed by atoms with Crippen molar-refractivity contribution in [3.63, 3.8) is 0 Å². The van der Waals surface area contributed by atoms with Gasteiger partial charge in [0.05, 0.1) is 24.0 Å². The maximum Gasteiger partial charge on any atom is 0.166 e. The summed E-state index contributed by atoms with van der Waals surface area (Å²) < 4.78 is 5.68. The molecule has 82 valence electrons. The highest BCUT2D eigenvalue weighted by molar-refractivity contribution is 5.71. The number of anilines is 2. The first-order valence-electron chi connectivity index (χ1n) is 5.04. The number of likely N-dealkylation sites (N-methyl/N-ethyl adjacent to an activating group) is 1. The van der Waals surface area contributed by atoms with Crippen LogP contribution >= 0.6 is 0 Å². The molecule has 0 spiro atoms. The van der Waals surface area contributed by atoms with Crippen LogP contribution in [-0.4, -0.2) is 30.9 Å². The van der Waals surface area contributed by atoms with Crippen LogP contribution in [0.25, 0.3) is 0 Å². The molecule has 4 heteroatoms. The molecular weight excluding hydrogens is 192 g/mol. The Morgan fingerprint density at radius 2 is 2.27 bits per heavy atom. The summed E-state index contributed by atoms with van der Waals surface area (Å²) in [6, 6.07) is 5.82. The van der Waals surface area contributed by atoms with Gasteiger partial charge in [0, 0.05) is 7.05 Å². The van der Waals surface area contributed by atoms with Gasteiger partial charge in [0.25, 0.3) is 0 Å². The number of ether oxygens (including phenoxy) is 1. The second-order valence-electron chi connectivity index (χ2n) is 3.89. The number of aliphatic hydroxyl groups excluding tert-OH is 1. The van der Waals surface area contributed by atoms with Gasteiger partial charge in [0.1, 0.15) is 6.10 Å². The quantitative estimate of drug-likeness (QED) is 0.672. The molecule has 0 saturated heterocycles. The number of hydrogen-bond acceptors (Lipinski definition) is 4. The van der Waals surface area contributed by atoms with Crippen LogP contribution in [0, 0.1) is 0 Å². The molecule has 0 bridgehead atoms. The van der Waals surface area contributed by atoms with E-state index in [0.29, 0.717) is 11.4 Å². The zero-order valence-corrected chi connectivity index (χ0v) is 8.97. The fraction of sp³-hybridized carbons (Fsp3) is 0.455. The Hall–Kier alpha value is -1.42. The van der Waals surface area contributed by atoms with Crippen LogP contribution in [0.4, 0.5) is 11.4 Å². The number of benzene rings is 1. The van der Waals surface area contributed by atoms with Gasteiger partial charge < -0.3 is 20.5 Å². The maximum absolute atomic E-state index is 9.20. The Morgan fingerprint density at radius 3 is 2.93 bits per heavy atom. The lowest BCUT2D eigenvalue weighted by Crippen LogP contribution is -2.47. The third kappa shape index (κ3) is 1.51. The molecule has 2 unspecified atom stereocenters. The van der Waals surface area contributed by atoms with Gasteiger partial charge in [0.2, 0.25) is 0 Å². The highest BCUT2D eigenvalue weighted by atomic mass is 16.5. The van der Waals surface area contributed by atoms with Crippen molar-refractivity contribution in [2.24, 2.45) is 0 Å². The SMILES string of the molecule is CC1C(CO)Oc2c(N)cccc2N1C. The number of nitrogens with zero attached hydrogens (tertiary/aromatic N) is 1. The zero-order chi connectivity index (χ0) is 11.0. The van der Waals surface area contributed by atoms with Crippen LogP contribution in [0.1, 0.15) is 6.92 Å². The minimum absolute atomic E-state index is 0.000713. The van der Waals surface area contributed by atoms with Crippen LogP contribution in [0.2, 0.25) is 0 Å². The minimum atomic E-state index is -0.216. The Labute approximate surface area is 89.3 Å². The van der Waals surface area contributed by atoms with Gasteiger partial charge in [-0.05, 0) is 19.1 Å². The topological polar surface area (TPSA) is 58.7 Å². The average molecular weight is 208 g/mol. The summed E-state index contributed by atoms with van der Waals surface area (Å²) in [6.07, 6.45) is -0.216. The molecule has 1 aromatic rings. The minimum Gasteiger partial charge on any atom is -0.482 e. The molecule has 1 heterocycles. The van der Waals surface area contributed by atoms with E-state index in [1.54, 1.807) is 6.07 Å². The van der Waals surface area contributed by atoms with Gasteiger partial charge in [-0.25, -0.2) is 0 Å². The van der Waals surface area contributed by atoms with E-state index in [2.05, 4.69) is 4.90 Å². The summed E-state index contributed by atoms with van der Waals surface area (Å²) in [5.41, 5.74) is 7.43. The van der Waals surface area contributed by atoms with Crippen molar-refractivity contribution in [2.75, 3.05) is 24.3 Å². The molecule has 0 fully saturated rings. The fourth-order valence-electron chi connectivity index (χ4n) is 1.86. The van der Waals surface area contributed by atoms with Crippen LogP contribution < -0.4 is 15.4 Å². The summed E-state index contributed by atoms with van der Waals surface area (Å²) in [6.45, 7) is 2.02. The predicted molar refractivity (Wildman–Crippen MR) is 60.2 cm³/mol. The second kappa shape index (κ2) is 3.62. The molecule has 0 saturated carbocycles. The fourth-order valence-corrected chi connectivity index (χ4v) is 1.86. The van der Waals surface area contributed by atoms with Crippen molar-refractivity contribution in [3.05, 3.63) is 18.2 Å². The Balaban J connectivity index is 2.45. The van der Waals surface area contributed by atoms with Crippen molar-refractivity contribution in [2.45, 2.75) is 19.1 Å². The van der Waals surface area contributed by atoms with E-state index in [1.807, 2.05) is 26.1 Å². The molecule has 0 aliphatic carbocycles. The molecule has 1 aliphatic rings. The molecular formula is C11H16N2O2. The van der Waals surface area contributed by atoms with Gasteiger partial charge in [-0.15, -0.1) is 0 Å². The first-order valence-corrected chi connectivity index (χ1v) is 5.04. The number of rotatable bonds is 1. The molecule has 0 aromatic heterocycles. The predicted octanol–water partition coefficient (Wildman–Crippen LogP) is 0.847. The van der Waals surface area contributed by atoms with E-state index >= 15 is 0 Å². The van der Waals surface area contributed by atoms with Crippen molar-refractivity contribution < 1.29 is 9.84 Å². The third-order valence-corrected chi connectivity index (χ3v) is 3.00. The number of nitrogen functional groups attached to an aromatic ring is 1. The zero-order valence-electron chi connectivity index (χ0n) is 8.97. The smallest absolute Gasteiger partial charge is 0.166 e. The molecule has 15 heavy (non-hydrogen) atoms. The van der Waals surface area contributed by atoms with Crippen LogP contribution in [0.3, 0.4) is 0 Å². The van der Waals surface area contributed by atoms with Crippen molar-refractivity contribution in [1.82, 2.24) is 0 Å². The third-order valence-electron chi connectivity index (χ3n) is 3.00. The summed E-state index contributed by atoms with van der Waals surface area (Å²) >= 11 is 0. The number of nitrogens with two attached hydrogens (primary N) is 1. The van der Waals surface area contributed by atoms with Gasteiger partial charge in [-0.1, -0.05) is 6.07 Å². The van der Waals surface area contributed by atoms with E-state index in [9.17, 15) is 5.11 Å². The highest BCUT2D eigenvalue weighted by Gasteiger charge is 2.30. The Bertz CT molecular complexity index is 368. The standard InChI is InChI=1S/C11H16N2O2/c1-7-10(6-14)15-11-8(12)4-3-5-9(11)13(7)2/h3-5,7,10,14H,6,12H2,1-2H3. The van der Waals surface area contributed by atoms with Gasteiger partial charge in [-0.2, -0.15) is 0 Å². The largest absolute Gasteiger partial charge is 0.482 e. The lowest BCUT2D eigenvalue weighted by atomic mass is 10.1. The molecule has 2 rings (SSSR count). The van der Waals surface area contributed by atoms with Crippen molar-refractivity contribution in [1.29, 1.82) is 0 Å². The van der Waals surface area contributed by atoms with Crippen LogP contribution in [0.15, 0.2) is 18.2 Å². The Kier molecular flexibility index (Phi) is 2.44. The summed E-state index contributed by atoms with van der Waals surface area (Å²) in [7, 11) is 1.98. The molecule has 4 nitrogen and oxygen atoms in total. The Morgan fingerprint density at radius 1 is 1.53 bits per heavy atom. The van der Waals surface area contributed by atoms with Crippen LogP contribution in [-0.2, 0) is 0 Å². The number of fused-ring (bicyclic) bond motifs is 1. The van der Waals surface area contributed by atoms with Gasteiger partial charge in [-0.3, -0.25) is 0 Å². The van der Waals surface area contributed by atoms with E-state index in [1.165, 1.54) is 0 Å². The van der Waals surface area contributed by atoms with Gasteiger partial charge >= 0.3 is 0 Å². The first-order chi connectivity index (χ1) is 7.15. The van der Waals surface area contributed by atoms with E-state index in [4.69, 9.17) is 10.5 Å². The summed E-state index contributed by atoms with van der Waals surface area (Å²) in [5.74, 6) is 0.678. The highest BCUT2D eigenvalue weighted by Crippen LogP contribution is 2.39. The van der Waals surface area contributed by atoms with E-state index in [-0.39, 0.29) is 18.8 Å². The van der Waals surface area contributed by atoms with Crippen LogP contribution in [0.5, 0.6) is 5.75 Å². The lowest BCUT2D eigenvalue weighted by molar-refractivity contribution is 0.0897. The monoisotopic (exact) mass is 208 g/mol. The normalized spacial score (nSPS) is 24.6. The summed E-state index contributed by atoms with van der Waals surface area (Å²) in [4.78, 5) is 2.08. The molecule has 3 N–H and O–H groups in total. The van der Waals surface area contributed by atoms with Crippen molar-refractivity contribution in [3.8, 4) is 5.75 Å². The molecule has 0 amide bonds. The molecule has 2 atom stereocenters. The van der Waals surface area contributed by atoms with E-state index in [0.717, 1.165) is 5.69 Å². The second-order valence-corrected chi connectivity index (χ2v) is 3.89. The maximum atomic E-state index is 9.20. The summed E-state index contributed by atoms with van der Waals surface area (Å²) in [5, 5.41) is 9.20. The first kappa shape index (κ1) is 10.1. The van der Waals surface area contributed by atoms with Gasteiger partial charge in [0.15, 0.2) is 5.75 Å². The number of aliphatic hydroxyl groups is 1. The van der Waals surface area contributed by atoms with E-state index < -0.39 is 0 Å². The number of hydrogen-bond donors (Lipinski definition) is 2. The number of para-hydroxylation sites is 1. The van der Waals surface area contributed by atoms with Crippen molar-refractivity contribution >= 4 is 11.4 Å². The molecule has 1 aromatic carbocycles. The lowest BCUT2D eigenvalue weighted by Gasteiger charge is -2.39. The average Bonchev–Trinajstić information content (AvgIpc) is 2.24.